The van der Waals surface area contributed by atoms with Crippen LogP contribution in [0, 0.1) is 0 Å². The molecule has 3 aromatic rings. The molecule has 0 fully saturated rings. The number of carboxylic acid groups (broad SMARTS) is 1. The quantitative estimate of drug-likeness (QED) is 0.733. The standard InChI is InChI=1S/C19H21N3O2S/c1-18(2)7-8-19(3,4)16-12(18)10-15(25-16)22-14-6-5-11(17(23)24)9-13(14)20-21-22/h5-6,9-10H,7-8H2,1-4H3,(H,23,24). The summed E-state index contributed by atoms with van der Waals surface area (Å²) in [4.78, 5) is 12.6. The van der Waals surface area contributed by atoms with E-state index in [-0.39, 0.29) is 16.4 Å². The molecule has 1 aliphatic carbocycles. The number of hydrogen-bond donors (Lipinski definition) is 1. The van der Waals surface area contributed by atoms with Gasteiger partial charge in [0.1, 0.15) is 10.5 Å². The maximum Gasteiger partial charge on any atom is 0.335 e. The van der Waals surface area contributed by atoms with Crippen LogP contribution in [-0.4, -0.2) is 26.1 Å². The lowest BCUT2D eigenvalue weighted by atomic mass is 9.67. The lowest BCUT2D eigenvalue weighted by Crippen LogP contribution is -2.31. The van der Waals surface area contributed by atoms with Crippen molar-refractivity contribution in [3.8, 4) is 5.00 Å². The van der Waals surface area contributed by atoms with Gasteiger partial charge in [0, 0.05) is 4.88 Å². The first-order valence-corrected chi connectivity index (χ1v) is 9.25. The van der Waals surface area contributed by atoms with E-state index in [9.17, 15) is 4.79 Å². The largest absolute Gasteiger partial charge is 0.478 e. The number of nitrogens with zero attached hydrogens (tertiary/aromatic N) is 3. The van der Waals surface area contributed by atoms with Crippen LogP contribution in [0.25, 0.3) is 16.0 Å². The van der Waals surface area contributed by atoms with Crippen molar-refractivity contribution in [2.24, 2.45) is 0 Å². The van der Waals surface area contributed by atoms with Crippen molar-refractivity contribution >= 4 is 28.3 Å². The summed E-state index contributed by atoms with van der Waals surface area (Å²) in [6.45, 7) is 9.21. The summed E-state index contributed by atoms with van der Waals surface area (Å²) in [6.07, 6.45) is 2.34. The van der Waals surface area contributed by atoms with Gasteiger partial charge in [-0.05, 0) is 53.5 Å². The number of thiophene rings is 1. The molecule has 0 saturated heterocycles. The molecule has 6 heteroatoms. The summed E-state index contributed by atoms with van der Waals surface area (Å²) < 4.78 is 1.83. The number of aromatic nitrogens is 3. The molecule has 0 unspecified atom stereocenters. The topological polar surface area (TPSA) is 68.0 Å². The van der Waals surface area contributed by atoms with Crippen molar-refractivity contribution in [1.29, 1.82) is 0 Å². The zero-order valence-corrected chi connectivity index (χ0v) is 15.6. The Morgan fingerprint density at radius 1 is 1.16 bits per heavy atom. The lowest BCUT2D eigenvalue weighted by molar-refractivity contribution is 0.0697. The number of hydrogen-bond acceptors (Lipinski definition) is 4. The monoisotopic (exact) mass is 355 g/mol. The third-order valence-corrected chi connectivity index (χ3v) is 6.82. The van der Waals surface area contributed by atoms with Crippen LogP contribution < -0.4 is 0 Å². The van der Waals surface area contributed by atoms with Gasteiger partial charge >= 0.3 is 5.97 Å². The van der Waals surface area contributed by atoms with Gasteiger partial charge in [-0.1, -0.05) is 32.9 Å². The van der Waals surface area contributed by atoms with E-state index in [1.54, 1.807) is 29.5 Å². The van der Waals surface area contributed by atoms with E-state index in [1.165, 1.54) is 23.3 Å². The first-order valence-electron chi connectivity index (χ1n) is 8.43. The van der Waals surface area contributed by atoms with Crippen molar-refractivity contribution in [1.82, 2.24) is 15.0 Å². The van der Waals surface area contributed by atoms with Crippen LogP contribution in [0.15, 0.2) is 24.3 Å². The Bertz CT molecular complexity index is 964. The number of aromatic carboxylic acids is 1. The van der Waals surface area contributed by atoms with E-state index in [0.717, 1.165) is 10.5 Å². The summed E-state index contributed by atoms with van der Waals surface area (Å²) in [6, 6.07) is 7.20. The molecule has 0 bridgehead atoms. The fourth-order valence-corrected chi connectivity index (χ4v) is 5.01. The summed E-state index contributed by atoms with van der Waals surface area (Å²) in [7, 11) is 0. The fraction of sp³-hybridized carbons (Fsp3) is 0.421. The summed E-state index contributed by atoms with van der Waals surface area (Å²) in [5.41, 5.74) is 3.39. The summed E-state index contributed by atoms with van der Waals surface area (Å²) in [5.74, 6) is -0.952. The molecule has 0 saturated carbocycles. The number of rotatable bonds is 2. The Balaban J connectivity index is 1.88. The smallest absolute Gasteiger partial charge is 0.335 e. The van der Waals surface area contributed by atoms with Gasteiger partial charge in [-0.3, -0.25) is 0 Å². The zero-order valence-electron chi connectivity index (χ0n) is 14.8. The van der Waals surface area contributed by atoms with Gasteiger partial charge in [-0.15, -0.1) is 16.4 Å². The number of benzene rings is 1. The van der Waals surface area contributed by atoms with Gasteiger partial charge in [-0.2, -0.15) is 0 Å². The molecule has 4 rings (SSSR count). The Labute approximate surface area is 150 Å². The van der Waals surface area contributed by atoms with Crippen LogP contribution in [0.4, 0.5) is 0 Å². The number of carbonyl (C=O) groups is 1. The minimum Gasteiger partial charge on any atom is -0.478 e. The van der Waals surface area contributed by atoms with Gasteiger partial charge < -0.3 is 5.11 Å². The van der Waals surface area contributed by atoms with Crippen molar-refractivity contribution in [2.45, 2.75) is 51.4 Å². The van der Waals surface area contributed by atoms with Crippen LogP contribution in [0.5, 0.6) is 0 Å². The molecule has 25 heavy (non-hydrogen) atoms. The van der Waals surface area contributed by atoms with Crippen LogP contribution in [-0.2, 0) is 10.8 Å². The van der Waals surface area contributed by atoms with Gasteiger partial charge in [0.05, 0.1) is 11.1 Å². The molecule has 2 aromatic heterocycles. The highest BCUT2D eigenvalue weighted by Crippen LogP contribution is 2.50. The summed E-state index contributed by atoms with van der Waals surface area (Å²) >= 11 is 1.77. The van der Waals surface area contributed by atoms with Crippen molar-refractivity contribution in [3.63, 3.8) is 0 Å². The zero-order chi connectivity index (χ0) is 18.0. The first-order chi connectivity index (χ1) is 11.7. The Hall–Kier alpha value is -2.21. The van der Waals surface area contributed by atoms with Gasteiger partial charge in [0.15, 0.2) is 0 Å². The molecule has 1 aromatic carbocycles. The predicted octanol–water partition coefficient (Wildman–Crippen LogP) is 4.53. The van der Waals surface area contributed by atoms with Gasteiger partial charge in [0.25, 0.3) is 0 Å². The molecule has 1 aliphatic rings. The Morgan fingerprint density at radius 2 is 1.88 bits per heavy atom. The molecular weight excluding hydrogens is 334 g/mol. The third kappa shape index (κ3) is 2.47. The molecule has 0 atom stereocenters. The third-order valence-electron chi connectivity index (χ3n) is 5.34. The van der Waals surface area contributed by atoms with E-state index in [0.29, 0.717) is 5.52 Å². The average Bonchev–Trinajstić information content (AvgIpc) is 3.16. The van der Waals surface area contributed by atoms with Gasteiger partial charge in [0.2, 0.25) is 0 Å². The van der Waals surface area contributed by atoms with Crippen LogP contribution in [0.3, 0.4) is 0 Å². The van der Waals surface area contributed by atoms with Crippen molar-refractivity contribution < 1.29 is 9.90 Å². The van der Waals surface area contributed by atoms with E-state index < -0.39 is 5.97 Å². The molecule has 0 spiro atoms. The molecule has 2 heterocycles. The molecule has 5 nitrogen and oxygen atoms in total. The number of fused-ring (bicyclic) bond motifs is 2. The second-order valence-electron chi connectivity index (χ2n) is 8.11. The normalized spacial score (nSPS) is 18.2. The molecule has 0 aliphatic heterocycles. The van der Waals surface area contributed by atoms with Gasteiger partial charge in [-0.25, -0.2) is 9.48 Å². The summed E-state index contributed by atoms with van der Waals surface area (Å²) in [5, 5.41) is 18.6. The second-order valence-corrected chi connectivity index (χ2v) is 9.14. The molecule has 1 N–H and O–H groups in total. The maximum atomic E-state index is 11.1. The molecule has 0 radical (unpaired) electrons. The first kappa shape index (κ1) is 16.3. The van der Waals surface area contributed by atoms with Crippen molar-refractivity contribution in [3.05, 3.63) is 40.3 Å². The molecule has 0 amide bonds. The van der Waals surface area contributed by atoms with Crippen molar-refractivity contribution in [2.75, 3.05) is 0 Å². The highest BCUT2D eigenvalue weighted by molar-refractivity contribution is 7.14. The van der Waals surface area contributed by atoms with E-state index in [2.05, 4.69) is 44.1 Å². The molecule has 130 valence electrons. The lowest BCUT2D eigenvalue weighted by Gasteiger charge is -2.39. The molecular formula is C19H21N3O2S. The van der Waals surface area contributed by atoms with Crippen LogP contribution >= 0.6 is 11.3 Å². The second kappa shape index (κ2) is 5.14. The predicted molar refractivity (Wildman–Crippen MR) is 99.0 cm³/mol. The maximum absolute atomic E-state index is 11.1. The average molecular weight is 355 g/mol. The SMILES string of the molecule is CC1(C)CCC(C)(C)c2sc(-n3nnc4cc(C(=O)O)ccc43)cc21. The number of carboxylic acids is 1. The van der Waals surface area contributed by atoms with E-state index in [1.807, 2.05) is 4.68 Å². The van der Waals surface area contributed by atoms with Crippen LogP contribution in [0.1, 0.15) is 61.3 Å². The van der Waals surface area contributed by atoms with Crippen LogP contribution in [0.2, 0.25) is 0 Å². The highest BCUT2D eigenvalue weighted by atomic mass is 32.1. The Morgan fingerprint density at radius 3 is 2.56 bits per heavy atom. The minimum absolute atomic E-state index is 0.159. The Kier molecular flexibility index (Phi) is 3.35. The highest BCUT2D eigenvalue weighted by Gasteiger charge is 2.39. The fourth-order valence-electron chi connectivity index (χ4n) is 3.58. The van der Waals surface area contributed by atoms with E-state index in [4.69, 9.17) is 5.11 Å². The van der Waals surface area contributed by atoms with E-state index >= 15 is 0 Å². The minimum atomic E-state index is -0.952.